The Morgan fingerprint density at radius 2 is 2.50 bits per heavy atom. The Morgan fingerprint density at radius 3 is 2.92 bits per heavy atom. The largest absolute Gasteiger partial charge is 0.324 e. The molecule has 5 heteroatoms. The van der Waals surface area contributed by atoms with Gasteiger partial charge < -0.3 is 5.73 Å². The second kappa shape index (κ2) is 3.28. The van der Waals surface area contributed by atoms with Crippen molar-refractivity contribution in [3.63, 3.8) is 0 Å². The Hall–Kier alpha value is -0.810. The van der Waals surface area contributed by atoms with Gasteiger partial charge in [-0.3, -0.25) is 4.72 Å². The molecular weight excluding hydrogens is 174 g/mol. The van der Waals surface area contributed by atoms with Crippen LogP contribution >= 0.6 is 0 Å². The lowest BCUT2D eigenvalue weighted by atomic mass is 10.1. The zero-order chi connectivity index (χ0) is 9.19. The van der Waals surface area contributed by atoms with E-state index in [1.807, 2.05) is 12.2 Å². The molecule has 0 spiro atoms. The molecule has 0 aromatic rings. The summed E-state index contributed by atoms with van der Waals surface area (Å²) in [5.74, 6) is 0. The van der Waals surface area contributed by atoms with Crippen molar-refractivity contribution in [3.8, 4) is 0 Å². The minimum absolute atomic E-state index is 0.0502. The van der Waals surface area contributed by atoms with E-state index in [9.17, 15) is 4.21 Å². The van der Waals surface area contributed by atoms with E-state index in [2.05, 4.69) is 4.72 Å². The molecule has 0 saturated carbocycles. The summed E-state index contributed by atoms with van der Waals surface area (Å²) < 4.78 is 20.7. The topological polar surface area (TPSA) is 79.0 Å². The predicted octanol–water partition coefficient (Wildman–Crippen LogP) is 0.339. The number of nitrogens with one attached hydrogen (secondary N) is 2. The summed E-state index contributed by atoms with van der Waals surface area (Å²) in [5.41, 5.74) is 6.30. The highest BCUT2D eigenvalue weighted by atomic mass is 32.2. The summed E-state index contributed by atoms with van der Waals surface area (Å²) in [4.78, 5) is 0. The molecule has 1 aliphatic carbocycles. The van der Waals surface area contributed by atoms with Crippen molar-refractivity contribution in [2.24, 2.45) is 5.73 Å². The van der Waals surface area contributed by atoms with Gasteiger partial charge >= 0.3 is 0 Å². The van der Waals surface area contributed by atoms with Crippen LogP contribution in [-0.4, -0.2) is 16.5 Å². The maximum absolute atomic E-state index is 11.0. The number of hydrogen-bond acceptors (Lipinski definition) is 3. The standard InChI is InChI=1S/C7H13N3OS/c1-12(9,11)10-7-4-2-6(8)3-5-7/h2,4-6H,3,8H2,1H3,(H2,9,10,11). The van der Waals surface area contributed by atoms with Gasteiger partial charge in [-0.05, 0) is 12.5 Å². The van der Waals surface area contributed by atoms with Crippen LogP contribution in [0.2, 0.25) is 0 Å². The summed E-state index contributed by atoms with van der Waals surface area (Å²) >= 11 is 0. The molecule has 68 valence electrons. The van der Waals surface area contributed by atoms with E-state index >= 15 is 0 Å². The van der Waals surface area contributed by atoms with Crippen LogP contribution in [0, 0.1) is 4.78 Å². The predicted molar refractivity (Wildman–Crippen MR) is 49.7 cm³/mol. The van der Waals surface area contributed by atoms with Gasteiger partial charge in [-0.1, -0.05) is 12.2 Å². The van der Waals surface area contributed by atoms with Crippen LogP contribution in [-0.2, 0) is 9.92 Å². The number of nitrogens with two attached hydrogens (primary N) is 1. The molecule has 2 unspecified atom stereocenters. The molecule has 12 heavy (non-hydrogen) atoms. The van der Waals surface area contributed by atoms with Crippen molar-refractivity contribution in [1.29, 1.82) is 4.78 Å². The van der Waals surface area contributed by atoms with Crippen LogP contribution in [0.15, 0.2) is 23.9 Å². The molecule has 1 aliphatic rings. The van der Waals surface area contributed by atoms with Gasteiger partial charge in [-0.25, -0.2) is 8.99 Å². The van der Waals surface area contributed by atoms with Crippen molar-refractivity contribution >= 4 is 9.92 Å². The van der Waals surface area contributed by atoms with Crippen LogP contribution in [0.1, 0.15) is 6.42 Å². The Labute approximate surface area is 72.6 Å². The zero-order valence-electron chi connectivity index (χ0n) is 6.91. The van der Waals surface area contributed by atoms with E-state index in [4.69, 9.17) is 10.5 Å². The normalized spacial score (nSPS) is 27.5. The fourth-order valence-electron chi connectivity index (χ4n) is 0.938. The molecule has 0 fully saturated rings. The molecule has 1 rings (SSSR count). The van der Waals surface area contributed by atoms with Crippen LogP contribution < -0.4 is 10.5 Å². The highest BCUT2D eigenvalue weighted by molar-refractivity contribution is 7.89. The Morgan fingerprint density at radius 1 is 1.83 bits per heavy atom. The highest BCUT2D eigenvalue weighted by Gasteiger charge is 2.05. The lowest BCUT2D eigenvalue weighted by Gasteiger charge is -2.13. The lowest BCUT2D eigenvalue weighted by molar-refractivity contribution is 0.673. The summed E-state index contributed by atoms with van der Waals surface area (Å²) in [5, 5.41) is 0. The van der Waals surface area contributed by atoms with Crippen molar-refractivity contribution in [3.05, 3.63) is 23.9 Å². The molecule has 0 heterocycles. The number of allylic oxidation sites excluding steroid dienone is 1. The smallest absolute Gasteiger partial charge is 0.123 e. The molecular formula is C7H13N3OS. The third-order valence-electron chi connectivity index (χ3n) is 1.45. The molecule has 4 nitrogen and oxygen atoms in total. The van der Waals surface area contributed by atoms with Gasteiger partial charge in [0.15, 0.2) is 0 Å². The first-order chi connectivity index (χ1) is 5.47. The van der Waals surface area contributed by atoms with E-state index in [0.717, 1.165) is 12.1 Å². The maximum atomic E-state index is 11.0. The van der Waals surface area contributed by atoms with E-state index in [-0.39, 0.29) is 6.04 Å². The fraction of sp³-hybridized carbons (Fsp3) is 0.429. The Bertz CT molecular complexity index is 316. The first-order valence-corrected chi connectivity index (χ1v) is 5.59. The first-order valence-electron chi connectivity index (χ1n) is 3.63. The van der Waals surface area contributed by atoms with Crippen molar-refractivity contribution < 1.29 is 4.21 Å². The molecule has 0 amide bonds. The minimum Gasteiger partial charge on any atom is -0.324 e. The van der Waals surface area contributed by atoms with Gasteiger partial charge in [0.25, 0.3) is 0 Å². The van der Waals surface area contributed by atoms with Gasteiger partial charge in [0.1, 0.15) is 9.92 Å². The van der Waals surface area contributed by atoms with E-state index < -0.39 is 9.92 Å². The zero-order valence-corrected chi connectivity index (χ0v) is 7.73. The van der Waals surface area contributed by atoms with Gasteiger partial charge in [0.2, 0.25) is 0 Å². The van der Waals surface area contributed by atoms with Gasteiger partial charge in [-0.2, -0.15) is 0 Å². The number of hydrogen-bond donors (Lipinski definition) is 3. The van der Waals surface area contributed by atoms with Crippen LogP contribution in [0.25, 0.3) is 0 Å². The monoisotopic (exact) mass is 187 g/mol. The van der Waals surface area contributed by atoms with Crippen molar-refractivity contribution in [2.75, 3.05) is 6.26 Å². The van der Waals surface area contributed by atoms with Gasteiger partial charge in [0.05, 0.1) is 0 Å². The van der Waals surface area contributed by atoms with Crippen molar-refractivity contribution in [1.82, 2.24) is 4.72 Å². The summed E-state index contributed by atoms with van der Waals surface area (Å²) in [6.45, 7) is 0. The Kier molecular flexibility index (Phi) is 2.54. The van der Waals surface area contributed by atoms with Crippen LogP contribution in [0.5, 0.6) is 0 Å². The van der Waals surface area contributed by atoms with E-state index in [1.165, 1.54) is 6.26 Å². The van der Waals surface area contributed by atoms with Crippen LogP contribution in [0.4, 0.5) is 0 Å². The molecule has 0 aromatic heterocycles. The average Bonchev–Trinajstić information content (AvgIpc) is 1.91. The maximum Gasteiger partial charge on any atom is 0.123 e. The quantitative estimate of drug-likeness (QED) is 0.582. The summed E-state index contributed by atoms with van der Waals surface area (Å²) in [6, 6.07) is 0.0502. The first kappa shape index (κ1) is 9.28. The molecule has 0 radical (unpaired) electrons. The second-order valence-corrected chi connectivity index (χ2v) is 4.76. The Balaban J connectivity index is 2.63. The van der Waals surface area contributed by atoms with Gasteiger partial charge in [0, 0.05) is 18.0 Å². The molecule has 0 aromatic carbocycles. The fourth-order valence-corrected chi connectivity index (χ4v) is 1.54. The van der Waals surface area contributed by atoms with Crippen molar-refractivity contribution in [2.45, 2.75) is 12.5 Å². The summed E-state index contributed by atoms with van der Waals surface area (Å²) in [6.07, 6.45) is 7.51. The molecule has 0 aliphatic heterocycles. The van der Waals surface area contributed by atoms with E-state index in [0.29, 0.717) is 0 Å². The third-order valence-corrected chi connectivity index (χ3v) is 2.07. The highest BCUT2D eigenvalue weighted by Crippen LogP contribution is 2.06. The average molecular weight is 187 g/mol. The summed E-state index contributed by atoms with van der Waals surface area (Å²) in [7, 11) is -2.65. The number of rotatable bonds is 2. The molecule has 0 bridgehead atoms. The molecule has 2 atom stereocenters. The minimum atomic E-state index is -2.65. The molecule has 0 saturated heterocycles. The SMILES string of the molecule is CS(=N)(=O)NC1=CCC(N)C=C1. The second-order valence-electron chi connectivity index (χ2n) is 2.86. The molecule has 4 N–H and O–H groups in total. The lowest BCUT2D eigenvalue weighted by Crippen LogP contribution is -2.24. The third kappa shape index (κ3) is 3.06. The van der Waals surface area contributed by atoms with Gasteiger partial charge in [-0.15, -0.1) is 0 Å². The van der Waals surface area contributed by atoms with E-state index in [1.54, 1.807) is 6.08 Å². The van der Waals surface area contributed by atoms with Crippen LogP contribution in [0.3, 0.4) is 0 Å².